The van der Waals surface area contributed by atoms with Crippen LogP contribution in [-0.2, 0) is 6.54 Å². The van der Waals surface area contributed by atoms with Gasteiger partial charge in [-0.3, -0.25) is 4.90 Å². The molecule has 5 heteroatoms. The van der Waals surface area contributed by atoms with E-state index in [2.05, 4.69) is 17.0 Å². The van der Waals surface area contributed by atoms with Crippen molar-refractivity contribution < 1.29 is 5.21 Å². The summed E-state index contributed by atoms with van der Waals surface area (Å²) in [5, 5.41) is 12.3. The van der Waals surface area contributed by atoms with Crippen molar-refractivity contribution >= 4 is 17.4 Å². The number of nitrogens with two attached hydrogens (primary N) is 1. The fourth-order valence-electron chi connectivity index (χ4n) is 2.56. The minimum atomic E-state index is 0.0834. The molecular weight excluding hydrogens is 262 g/mol. The number of halogens is 1. The Morgan fingerprint density at radius 1 is 1.58 bits per heavy atom. The van der Waals surface area contributed by atoms with E-state index in [1.807, 2.05) is 12.1 Å². The van der Waals surface area contributed by atoms with Crippen LogP contribution in [0.3, 0.4) is 0 Å². The monoisotopic (exact) mass is 281 g/mol. The minimum absolute atomic E-state index is 0.0834. The number of amidine groups is 1. The van der Waals surface area contributed by atoms with Gasteiger partial charge in [-0.05, 0) is 36.9 Å². The molecule has 1 aromatic rings. The van der Waals surface area contributed by atoms with E-state index < -0.39 is 0 Å². The van der Waals surface area contributed by atoms with E-state index in [0.717, 1.165) is 31.1 Å². The number of oxime groups is 1. The molecule has 3 N–H and O–H groups in total. The highest BCUT2D eigenvalue weighted by Crippen LogP contribution is 2.23. The number of benzene rings is 1. The molecule has 0 spiro atoms. The van der Waals surface area contributed by atoms with Crippen LogP contribution in [0.15, 0.2) is 23.4 Å². The van der Waals surface area contributed by atoms with Crippen LogP contribution in [0.25, 0.3) is 0 Å². The van der Waals surface area contributed by atoms with Crippen molar-refractivity contribution in [3.8, 4) is 0 Å². The Morgan fingerprint density at radius 3 is 3.00 bits per heavy atom. The van der Waals surface area contributed by atoms with Crippen molar-refractivity contribution in [3.05, 3.63) is 34.3 Å². The molecular formula is C14H20ClN3O. The number of likely N-dealkylation sites (tertiary alicyclic amines) is 1. The van der Waals surface area contributed by atoms with Gasteiger partial charge in [-0.2, -0.15) is 0 Å². The first-order valence-electron chi connectivity index (χ1n) is 6.59. The third-order valence-electron chi connectivity index (χ3n) is 3.59. The van der Waals surface area contributed by atoms with E-state index >= 15 is 0 Å². The second kappa shape index (κ2) is 6.26. The van der Waals surface area contributed by atoms with E-state index in [0.29, 0.717) is 10.6 Å². The van der Waals surface area contributed by atoms with E-state index in [9.17, 15) is 0 Å². The lowest BCUT2D eigenvalue weighted by atomic mass is 9.99. The summed E-state index contributed by atoms with van der Waals surface area (Å²) in [5.74, 6) is 0.837. The Kier molecular flexibility index (Phi) is 4.66. The molecule has 1 aromatic carbocycles. The summed E-state index contributed by atoms with van der Waals surface area (Å²) in [6, 6.07) is 5.54. The standard InChI is InChI=1S/C14H20ClN3O/c1-10-3-2-6-18(8-10)9-12-5-4-11(7-13(12)15)14(16)17-19/h4-5,7,10,19H,2-3,6,8-9H2,1H3,(H2,16,17). The summed E-state index contributed by atoms with van der Waals surface area (Å²) in [4.78, 5) is 2.43. The molecule has 0 aromatic heterocycles. The highest BCUT2D eigenvalue weighted by Gasteiger charge is 2.17. The summed E-state index contributed by atoms with van der Waals surface area (Å²) in [6.07, 6.45) is 2.56. The summed E-state index contributed by atoms with van der Waals surface area (Å²) in [6.45, 7) is 5.40. The van der Waals surface area contributed by atoms with Crippen molar-refractivity contribution in [3.63, 3.8) is 0 Å². The Balaban J connectivity index is 2.09. The third-order valence-corrected chi connectivity index (χ3v) is 3.94. The van der Waals surface area contributed by atoms with Gasteiger partial charge in [0.25, 0.3) is 0 Å². The van der Waals surface area contributed by atoms with Crippen LogP contribution >= 0.6 is 11.6 Å². The zero-order valence-corrected chi connectivity index (χ0v) is 11.9. The average Bonchev–Trinajstić information content (AvgIpc) is 2.40. The van der Waals surface area contributed by atoms with Crippen molar-refractivity contribution in [2.45, 2.75) is 26.3 Å². The summed E-state index contributed by atoms with van der Waals surface area (Å²) >= 11 is 6.27. The second-order valence-corrected chi connectivity index (χ2v) is 5.68. The fraction of sp³-hybridized carbons (Fsp3) is 0.500. The lowest BCUT2D eigenvalue weighted by molar-refractivity contribution is 0.176. The highest BCUT2D eigenvalue weighted by atomic mass is 35.5. The van der Waals surface area contributed by atoms with Gasteiger partial charge in [-0.25, -0.2) is 0 Å². The normalized spacial score (nSPS) is 21.6. The zero-order chi connectivity index (χ0) is 13.8. The SMILES string of the molecule is CC1CCCN(Cc2ccc(/C(N)=N/O)cc2Cl)C1. The first-order valence-corrected chi connectivity index (χ1v) is 6.96. The molecule has 1 aliphatic heterocycles. The van der Waals surface area contributed by atoms with Gasteiger partial charge in [-0.1, -0.05) is 35.8 Å². The lowest BCUT2D eigenvalue weighted by Gasteiger charge is -2.31. The van der Waals surface area contributed by atoms with Crippen molar-refractivity contribution in [1.29, 1.82) is 0 Å². The molecule has 1 atom stereocenters. The zero-order valence-electron chi connectivity index (χ0n) is 11.1. The lowest BCUT2D eigenvalue weighted by Crippen LogP contribution is -2.33. The van der Waals surface area contributed by atoms with E-state index in [1.165, 1.54) is 12.8 Å². The molecule has 0 radical (unpaired) electrons. The van der Waals surface area contributed by atoms with Crippen LogP contribution in [0.1, 0.15) is 30.9 Å². The molecule has 1 unspecified atom stereocenters. The molecule has 0 amide bonds. The Hall–Kier alpha value is -1.26. The number of piperidine rings is 1. The Morgan fingerprint density at radius 2 is 2.37 bits per heavy atom. The maximum atomic E-state index is 8.65. The predicted octanol–water partition coefficient (Wildman–Crippen LogP) is 2.67. The summed E-state index contributed by atoms with van der Waals surface area (Å²) in [7, 11) is 0. The first kappa shape index (κ1) is 14.2. The quantitative estimate of drug-likeness (QED) is 0.387. The molecule has 4 nitrogen and oxygen atoms in total. The van der Waals surface area contributed by atoms with Gasteiger partial charge in [0.05, 0.1) is 0 Å². The molecule has 0 saturated carbocycles. The van der Waals surface area contributed by atoms with Crippen molar-refractivity contribution in [1.82, 2.24) is 4.90 Å². The maximum Gasteiger partial charge on any atom is 0.170 e. The van der Waals surface area contributed by atoms with Gasteiger partial charge in [0.2, 0.25) is 0 Å². The van der Waals surface area contributed by atoms with E-state index in [-0.39, 0.29) is 5.84 Å². The van der Waals surface area contributed by atoms with Crippen LogP contribution in [0.4, 0.5) is 0 Å². The predicted molar refractivity (Wildman–Crippen MR) is 77.6 cm³/mol. The highest BCUT2D eigenvalue weighted by molar-refractivity contribution is 6.31. The molecule has 0 aliphatic carbocycles. The molecule has 2 rings (SSSR count). The maximum absolute atomic E-state index is 8.65. The topological polar surface area (TPSA) is 61.8 Å². The van der Waals surface area contributed by atoms with Gasteiger partial charge in [0, 0.05) is 23.7 Å². The fourth-order valence-corrected chi connectivity index (χ4v) is 2.80. The average molecular weight is 282 g/mol. The Bertz CT molecular complexity index is 476. The van der Waals surface area contributed by atoms with Gasteiger partial charge >= 0.3 is 0 Å². The molecule has 1 fully saturated rings. The minimum Gasteiger partial charge on any atom is -0.409 e. The number of hydrogen-bond acceptors (Lipinski definition) is 3. The summed E-state index contributed by atoms with van der Waals surface area (Å²) in [5.41, 5.74) is 7.28. The first-order chi connectivity index (χ1) is 9.10. The van der Waals surface area contributed by atoms with E-state index in [1.54, 1.807) is 6.07 Å². The molecule has 0 bridgehead atoms. The number of rotatable bonds is 3. The van der Waals surface area contributed by atoms with Gasteiger partial charge in [0.15, 0.2) is 5.84 Å². The van der Waals surface area contributed by atoms with Crippen LogP contribution in [-0.4, -0.2) is 29.0 Å². The second-order valence-electron chi connectivity index (χ2n) is 5.27. The van der Waals surface area contributed by atoms with Crippen LogP contribution < -0.4 is 5.73 Å². The molecule has 1 aliphatic rings. The number of nitrogens with zero attached hydrogens (tertiary/aromatic N) is 2. The van der Waals surface area contributed by atoms with Crippen LogP contribution in [0.2, 0.25) is 5.02 Å². The molecule has 104 valence electrons. The smallest absolute Gasteiger partial charge is 0.170 e. The van der Waals surface area contributed by atoms with Crippen LogP contribution in [0.5, 0.6) is 0 Å². The van der Waals surface area contributed by atoms with Crippen molar-refractivity contribution in [2.75, 3.05) is 13.1 Å². The van der Waals surface area contributed by atoms with Gasteiger partial charge < -0.3 is 10.9 Å². The van der Waals surface area contributed by atoms with Gasteiger partial charge in [0.1, 0.15) is 0 Å². The largest absolute Gasteiger partial charge is 0.409 e. The number of hydrogen-bond donors (Lipinski definition) is 2. The summed E-state index contributed by atoms with van der Waals surface area (Å²) < 4.78 is 0. The molecule has 19 heavy (non-hydrogen) atoms. The van der Waals surface area contributed by atoms with E-state index in [4.69, 9.17) is 22.5 Å². The van der Waals surface area contributed by atoms with Gasteiger partial charge in [-0.15, -0.1) is 0 Å². The Labute approximate surface area is 118 Å². The van der Waals surface area contributed by atoms with Crippen molar-refractivity contribution in [2.24, 2.45) is 16.8 Å². The molecule has 1 saturated heterocycles. The molecule has 1 heterocycles. The van der Waals surface area contributed by atoms with Crippen LogP contribution in [0, 0.1) is 5.92 Å². The third kappa shape index (κ3) is 3.61.